The average molecular weight is 1300 g/mol. The summed E-state index contributed by atoms with van der Waals surface area (Å²) >= 11 is 0. The molecular formula is C67H139BN10O13. The number of carbonyl (C=O) groups is 10. The molecule has 11 atom stereocenters. The summed E-state index contributed by atoms with van der Waals surface area (Å²) in [7, 11) is 13.3. The van der Waals surface area contributed by atoms with Crippen LogP contribution in [0, 0.1) is 35.5 Å². The zero-order chi connectivity index (χ0) is 72.8. The van der Waals surface area contributed by atoms with Crippen LogP contribution in [0.25, 0.3) is 0 Å². The molecule has 0 aromatic carbocycles. The van der Waals surface area contributed by atoms with Gasteiger partial charge in [-0.2, -0.15) is 0 Å². The summed E-state index contributed by atoms with van der Waals surface area (Å²) in [6.07, 6.45) is 11.7. The Hall–Kier alpha value is -4.88. The predicted octanol–water partition coefficient (Wildman–Crippen LogP) is 6.36. The molecule has 0 aromatic heterocycles. The van der Waals surface area contributed by atoms with Crippen molar-refractivity contribution in [3.8, 4) is 0 Å². The van der Waals surface area contributed by atoms with E-state index in [1.54, 1.807) is 18.9 Å². The third kappa shape index (κ3) is 62.4. The molecule has 2 radical (unpaired) electrons. The largest absolute Gasteiger partial charge is 0.396 e. The average Bonchev–Trinajstić information content (AvgIpc) is 0.999. The summed E-state index contributed by atoms with van der Waals surface area (Å²) in [6, 6.07) is 0.129. The van der Waals surface area contributed by atoms with Crippen molar-refractivity contribution in [2.75, 3.05) is 61.0 Å². The number of unbranched alkanes of at least 4 members (excludes halogenated alkanes) is 3. The zero-order valence-corrected chi connectivity index (χ0v) is 61.7. The minimum atomic E-state index is -0.780. The Balaban J connectivity index is -0.000000152. The lowest BCUT2D eigenvalue weighted by atomic mass is 9.60. The number of nitrogens with one attached hydrogen (secondary N) is 6. The molecule has 0 fully saturated rings. The smallest absolute Gasteiger partial charge is 0.245 e. The first-order valence-corrected chi connectivity index (χ1v) is 33.2. The fraction of sp³-hybridized carbons (Fsp3) is 0.851. The number of carbonyl (C=O) groups excluding carboxylic acids is 10. The Bertz CT molecular complexity index is 1760. The molecule has 0 saturated carbocycles. The van der Waals surface area contributed by atoms with Gasteiger partial charge in [-0.05, 0) is 137 Å². The maximum atomic E-state index is 12.7. The van der Waals surface area contributed by atoms with E-state index in [4.69, 9.17) is 13.0 Å². The van der Waals surface area contributed by atoms with Gasteiger partial charge in [0, 0.05) is 83.1 Å². The third-order valence-corrected chi connectivity index (χ3v) is 15.4. The number of ketones is 1. The normalized spacial score (nSPS) is 14.3. The van der Waals surface area contributed by atoms with Crippen molar-refractivity contribution in [2.45, 2.75) is 276 Å². The highest BCUT2D eigenvalue weighted by Crippen LogP contribution is 2.36. The maximum Gasteiger partial charge on any atom is 0.245 e. The van der Waals surface area contributed by atoms with Crippen LogP contribution in [-0.4, -0.2) is 209 Å². The van der Waals surface area contributed by atoms with Gasteiger partial charge in [-0.25, -0.2) is 0 Å². The second kappa shape index (κ2) is 68.0. The first-order chi connectivity index (χ1) is 42.5. The minimum Gasteiger partial charge on any atom is -0.396 e. The quantitative estimate of drug-likeness (QED) is 0.0180. The molecule has 91 heavy (non-hydrogen) atoms. The molecule has 0 saturated heterocycles. The number of aldehydes is 1. The molecule has 0 aromatic rings. The molecule has 8 amide bonds. The molecule has 0 aliphatic rings. The second-order valence-corrected chi connectivity index (χ2v) is 24.7. The molecule has 24 heteroatoms. The Morgan fingerprint density at radius 3 is 1.56 bits per heavy atom. The van der Waals surface area contributed by atoms with Gasteiger partial charge in [0.1, 0.15) is 24.2 Å². The van der Waals surface area contributed by atoms with Gasteiger partial charge in [0.2, 0.25) is 49.8 Å². The lowest BCUT2D eigenvalue weighted by Crippen LogP contribution is -2.54. The van der Waals surface area contributed by atoms with Crippen molar-refractivity contribution in [3.05, 3.63) is 0 Å². The molecule has 11 N–H and O–H groups in total. The van der Waals surface area contributed by atoms with E-state index in [1.807, 2.05) is 69.4 Å². The van der Waals surface area contributed by atoms with E-state index in [-0.39, 0.29) is 96.6 Å². The lowest BCUT2D eigenvalue weighted by molar-refractivity contribution is -0.139. The molecule has 0 rings (SSSR count). The third-order valence-electron chi connectivity index (χ3n) is 15.4. The number of nitrogens with two attached hydrogens (primary N) is 1. The van der Waals surface area contributed by atoms with Crippen LogP contribution >= 0.6 is 0 Å². The Kier molecular flexibility index (Phi) is 76.4. The molecule has 0 aliphatic heterocycles. The molecule has 23 nitrogen and oxygen atoms in total. The SMILES string of the molecule is CC(C)NC(=O)[C@@H](NC=O)C(C)C.CCC(C)C(C(C)CC(C)=O)N(C)C(=O)[C@@H](NC=O)C(C)C.CCCN(C)C(C)C(C)C.CCNC=O.CN.CN[C@H](C)CCC(=O)NCC(O)C[C@H](O)CCO.O=CCCCCCN(C=O)C=O.[B]C(C)(CC)C(C)CC. The van der Waals surface area contributed by atoms with E-state index in [0.717, 1.165) is 68.2 Å². The van der Waals surface area contributed by atoms with Crippen molar-refractivity contribution in [2.24, 2.45) is 41.2 Å². The number of hydrogen-bond acceptors (Lipinski definition) is 16. The molecule has 538 valence electrons. The molecular weight excluding hydrogens is 1160 g/mol. The number of Topliss-reactive ketones (excluding diaryl/α,β-unsaturated/α-hetero) is 1. The summed E-state index contributed by atoms with van der Waals surface area (Å²) in [5.41, 5.74) is 4.50. The first-order valence-electron chi connectivity index (χ1n) is 33.2. The van der Waals surface area contributed by atoms with Gasteiger partial charge in [0.25, 0.3) is 0 Å². The minimum absolute atomic E-state index is 0.0147. The second-order valence-electron chi connectivity index (χ2n) is 24.7. The number of hydrogen-bond donors (Lipinski definition) is 10. The number of rotatable bonds is 42. The van der Waals surface area contributed by atoms with E-state index in [2.05, 4.69) is 119 Å². The lowest BCUT2D eigenvalue weighted by Gasteiger charge is -2.39. The number of amides is 8. The van der Waals surface area contributed by atoms with Gasteiger partial charge in [-0.3, -0.25) is 43.3 Å². The van der Waals surface area contributed by atoms with Crippen LogP contribution in [0.2, 0.25) is 5.31 Å². The van der Waals surface area contributed by atoms with Crippen molar-refractivity contribution in [1.29, 1.82) is 0 Å². The summed E-state index contributed by atoms with van der Waals surface area (Å²) < 4.78 is 0. The van der Waals surface area contributed by atoms with E-state index in [0.29, 0.717) is 63.8 Å². The van der Waals surface area contributed by atoms with Crippen LogP contribution in [-0.2, 0) is 47.9 Å². The summed E-state index contributed by atoms with van der Waals surface area (Å²) in [6.45, 7) is 43.2. The van der Waals surface area contributed by atoms with Crippen molar-refractivity contribution in [1.82, 2.24) is 46.6 Å². The molecule has 7 unspecified atom stereocenters. The van der Waals surface area contributed by atoms with Crippen LogP contribution in [0.5, 0.6) is 0 Å². The van der Waals surface area contributed by atoms with Crippen LogP contribution in [0.3, 0.4) is 0 Å². The highest BCUT2D eigenvalue weighted by atomic mass is 16.3. The van der Waals surface area contributed by atoms with Crippen molar-refractivity contribution < 1.29 is 63.3 Å². The van der Waals surface area contributed by atoms with Gasteiger partial charge < -0.3 is 72.3 Å². The van der Waals surface area contributed by atoms with Crippen molar-refractivity contribution >= 4 is 69.7 Å². The Labute approximate surface area is 555 Å². The fourth-order valence-electron chi connectivity index (χ4n) is 8.42. The highest BCUT2D eigenvalue weighted by molar-refractivity contribution is 6.15. The van der Waals surface area contributed by atoms with Crippen molar-refractivity contribution in [3.63, 3.8) is 0 Å². The number of likely N-dealkylation sites (N-methyl/N-ethyl adjacent to an activating group) is 1. The van der Waals surface area contributed by atoms with E-state index >= 15 is 0 Å². The van der Waals surface area contributed by atoms with Crippen LogP contribution in [0.1, 0.15) is 222 Å². The number of nitrogens with zero attached hydrogens (tertiary/aromatic N) is 3. The van der Waals surface area contributed by atoms with Gasteiger partial charge in [0.05, 0.1) is 20.1 Å². The number of imide groups is 1. The summed E-state index contributed by atoms with van der Waals surface area (Å²) in [4.78, 5) is 113. The Morgan fingerprint density at radius 2 is 1.21 bits per heavy atom. The van der Waals surface area contributed by atoms with Gasteiger partial charge in [-0.15, -0.1) is 0 Å². The maximum absolute atomic E-state index is 12.7. The highest BCUT2D eigenvalue weighted by Gasteiger charge is 2.34. The summed E-state index contributed by atoms with van der Waals surface area (Å²) in [5, 5.41) is 43.5. The molecule has 0 spiro atoms. The van der Waals surface area contributed by atoms with Crippen LogP contribution < -0.4 is 37.6 Å². The van der Waals surface area contributed by atoms with Crippen LogP contribution in [0.15, 0.2) is 0 Å². The predicted molar refractivity (Wildman–Crippen MR) is 373 cm³/mol. The van der Waals surface area contributed by atoms with Gasteiger partial charge in [0.15, 0.2) is 0 Å². The zero-order valence-electron chi connectivity index (χ0n) is 61.7. The van der Waals surface area contributed by atoms with E-state index in [9.17, 15) is 58.2 Å². The van der Waals surface area contributed by atoms with Gasteiger partial charge in [-0.1, -0.05) is 128 Å². The number of aliphatic hydroxyl groups excluding tert-OH is 3. The molecule has 0 bridgehead atoms. The molecule has 0 aliphatic carbocycles. The van der Waals surface area contributed by atoms with E-state index < -0.39 is 24.3 Å². The van der Waals surface area contributed by atoms with Gasteiger partial charge >= 0.3 is 0 Å². The first kappa shape index (κ1) is 102. The topological polar surface area (TPSA) is 339 Å². The Morgan fingerprint density at radius 1 is 0.681 bits per heavy atom. The standard InChI is InChI=1S/C17H32N2O3.C12H26N2O4.C9H18N2O2.C9H21N.C8H17B.C8H13NO3.C3H7NO.CH5N/c1-8-12(4)16(13(5)9-14(6)21)19(7)17(22)15(11(2)3)18-10-20;1-9(13-2)3-4-12(18)14-8-11(17)7-10(16)5-6-15;1-6(2)8(10-5-12)9(13)11-7(3)4;1-6-7-10(5)9(4)8(2)3;1-5-7(3)8(4,9)6-2;10-6-4-2-1-3-5-9(7-11)8-12;1-2-4-3-5;1-2/h10-13,15-16H,8-9H2,1-7H3,(H,18,20);9-11,13,15-17H,3-8H2,1-2H3,(H,14,18);5-8H,1-4H3,(H,10,12)(H,11,13);8-9H,6-7H2,1-5H3;7H,5-6H2,1-4H3;6-8H,1-5H2;3H,2H2,1H3,(H,4,5);2H2,1H3/t12?,13?,15-,16?;9-,10-,11?;8-;;;;;/m010...../s1. The monoisotopic (exact) mass is 1300 g/mol. The fourth-order valence-corrected chi connectivity index (χ4v) is 8.42. The summed E-state index contributed by atoms with van der Waals surface area (Å²) in [5.74, 6) is 1.71. The van der Waals surface area contributed by atoms with Crippen LogP contribution in [0.4, 0.5) is 0 Å². The number of aliphatic hydroxyl groups is 3. The van der Waals surface area contributed by atoms with E-state index in [1.165, 1.54) is 26.4 Å². The molecule has 0 heterocycles.